The number of rotatable bonds is 2. The van der Waals surface area contributed by atoms with Crippen molar-refractivity contribution in [3.8, 4) is 0 Å². The number of imidazole rings is 2. The van der Waals surface area contributed by atoms with Crippen LogP contribution in [0.3, 0.4) is 0 Å². The zero-order chi connectivity index (χ0) is 12.7. The van der Waals surface area contributed by atoms with Crippen molar-refractivity contribution >= 4 is 35.0 Å². The molecule has 5 nitrogen and oxygen atoms in total. The minimum atomic E-state index is 0.580. The number of halogens is 1. The Bertz CT molecular complexity index is 769. The fourth-order valence-electron chi connectivity index (χ4n) is 1.85. The molecular formula is C11H10ClN5S. The van der Waals surface area contributed by atoms with Gasteiger partial charge in [-0.1, -0.05) is 11.6 Å². The van der Waals surface area contributed by atoms with Crippen molar-refractivity contribution in [2.24, 2.45) is 7.05 Å². The van der Waals surface area contributed by atoms with Gasteiger partial charge in [0.1, 0.15) is 5.82 Å². The van der Waals surface area contributed by atoms with Crippen molar-refractivity contribution < 1.29 is 0 Å². The van der Waals surface area contributed by atoms with Crippen LogP contribution in [0.1, 0.15) is 5.82 Å². The maximum absolute atomic E-state index is 5.91. The first-order chi connectivity index (χ1) is 8.65. The Labute approximate surface area is 113 Å². The Morgan fingerprint density at radius 1 is 1.44 bits per heavy atom. The van der Waals surface area contributed by atoms with Crippen LogP contribution in [0.4, 0.5) is 0 Å². The highest BCUT2D eigenvalue weighted by molar-refractivity contribution is 7.71. The standard InChI is InChI=1S/C11H10ClN5S/c1-16-3-2-13-9(16)6-17-10-8(15-11(17)18)4-7(12)5-14-10/h2-5H,6H2,1H3,(H,15,18). The highest BCUT2D eigenvalue weighted by atomic mass is 35.5. The molecule has 0 saturated carbocycles. The molecule has 0 aliphatic heterocycles. The third-order valence-corrected chi connectivity index (χ3v) is 3.33. The van der Waals surface area contributed by atoms with Crippen LogP contribution in [0.25, 0.3) is 11.2 Å². The van der Waals surface area contributed by atoms with Gasteiger partial charge in [0.15, 0.2) is 10.4 Å². The monoisotopic (exact) mass is 279 g/mol. The van der Waals surface area contributed by atoms with E-state index in [0.717, 1.165) is 17.0 Å². The number of fused-ring (bicyclic) bond motifs is 1. The van der Waals surface area contributed by atoms with Gasteiger partial charge >= 0.3 is 0 Å². The van der Waals surface area contributed by atoms with Gasteiger partial charge in [-0.15, -0.1) is 0 Å². The van der Waals surface area contributed by atoms with Gasteiger partial charge in [0.05, 0.1) is 17.1 Å². The molecule has 0 amide bonds. The lowest BCUT2D eigenvalue weighted by Crippen LogP contribution is -2.06. The molecule has 0 saturated heterocycles. The van der Waals surface area contributed by atoms with Crippen LogP contribution >= 0.6 is 23.8 Å². The SMILES string of the molecule is Cn1ccnc1Cn1c(=S)[nH]c2cc(Cl)cnc21. The molecule has 0 spiro atoms. The molecule has 3 aromatic rings. The molecular weight excluding hydrogens is 270 g/mol. The normalized spacial score (nSPS) is 11.2. The number of hydrogen-bond acceptors (Lipinski definition) is 3. The number of pyridine rings is 1. The third-order valence-electron chi connectivity index (χ3n) is 2.80. The Kier molecular flexibility index (Phi) is 2.68. The van der Waals surface area contributed by atoms with Gasteiger partial charge in [-0.05, 0) is 18.3 Å². The van der Waals surface area contributed by atoms with Crippen molar-refractivity contribution in [3.63, 3.8) is 0 Å². The average molecular weight is 280 g/mol. The number of H-pyrrole nitrogens is 1. The predicted octanol–water partition coefficient (Wildman–Crippen LogP) is 2.53. The summed E-state index contributed by atoms with van der Waals surface area (Å²) in [5.41, 5.74) is 1.62. The van der Waals surface area contributed by atoms with Crippen LogP contribution in [-0.2, 0) is 13.6 Å². The molecule has 92 valence electrons. The van der Waals surface area contributed by atoms with E-state index in [2.05, 4.69) is 15.0 Å². The fourth-order valence-corrected chi connectivity index (χ4v) is 2.27. The molecule has 0 aromatic carbocycles. The lowest BCUT2D eigenvalue weighted by Gasteiger charge is -2.04. The van der Waals surface area contributed by atoms with Crippen LogP contribution in [0.15, 0.2) is 24.7 Å². The summed E-state index contributed by atoms with van der Waals surface area (Å²) in [7, 11) is 1.95. The minimum absolute atomic E-state index is 0.580. The van der Waals surface area contributed by atoms with Crippen molar-refractivity contribution in [2.75, 3.05) is 0 Å². The summed E-state index contributed by atoms with van der Waals surface area (Å²) in [6.07, 6.45) is 5.28. The van der Waals surface area contributed by atoms with Gasteiger partial charge in [0, 0.05) is 25.6 Å². The Morgan fingerprint density at radius 3 is 3.00 bits per heavy atom. The fraction of sp³-hybridized carbons (Fsp3) is 0.182. The molecule has 0 atom stereocenters. The van der Waals surface area contributed by atoms with Crippen molar-refractivity contribution in [1.29, 1.82) is 0 Å². The minimum Gasteiger partial charge on any atom is -0.337 e. The van der Waals surface area contributed by atoms with Crippen molar-refractivity contribution in [3.05, 3.63) is 40.3 Å². The van der Waals surface area contributed by atoms with Crippen LogP contribution in [-0.4, -0.2) is 24.1 Å². The lowest BCUT2D eigenvalue weighted by atomic mass is 10.4. The lowest BCUT2D eigenvalue weighted by molar-refractivity contribution is 0.702. The number of hydrogen-bond donors (Lipinski definition) is 1. The van der Waals surface area contributed by atoms with E-state index in [0.29, 0.717) is 16.3 Å². The topological polar surface area (TPSA) is 51.4 Å². The van der Waals surface area contributed by atoms with Gasteiger partial charge in [0.25, 0.3) is 0 Å². The summed E-state index contributed by atoms with van der Waals surface area (Å²) in [5, 5.41) is 0.586. The molecule has 0 fully saturated rings. The molecule has 3 heterocycles. The smallest absolute Gasteiger partial charge is 0.179 e. The number of aryl methyl sites for hydroxylation is 1. The second-order valence-corrected chi connectivity index (χ2v) is 4.82. The van der Waals surface area contributed by atoms with Gasteiger partial charge in [0.2, 0.25) is 0 Å². The van der Waals surface area contributed by atoms with Crippen LogP contribution in [0.2, 0.25) is 5.02 Å². The van der Waals surface area contributed by atoms with E-state index >= 15 is 0 Å². The second kappa shape index (κ2) is 4.22. The highest BCUT2D eigenvalue weighted by Gasteiger charge is 2.09. The van der Waals surface area contributed by atoms with Crippen LogP contribution < -0.4 is 0 Å². The zero-order valence-electron chi connectivity index (χ0n) is 9.59. The van der Waals surface area contributed by atoms with E-state index in [4.69, 9.17) is 23.8 Å². The summed E-state index contributed by atoms with van der Waals surface area (Å²) in [6.45, 7) is 0.580. The molecule has 3 aromatic heterocycles. The molecule has 0 aliphatic carbocycles. The average Bonchev–Trinajstić information content (AvgIpc) is 2.85. The van der Waals surface area contributed by atoms with E-state index in [-0.39, 0.29) is 0 Å². The Hall–Kier alpha value is -1.66. The maximum Gasteiger partial charge on any atom is 0.179 e. The second-order valence-electron chi connectivity index (χ2n) is 4.00. The van der Waals surface area contributed by atoms with E-state index in [1.165, 1.54) is 0 Å². The van der Waals surface area contributed by atoms with Crippen LogP contribution in [0.5, 0.6) is 0 Å². The van der Waals surface area contributed by atoms with Crippen molar-refractivity contribution in [2.45, 2.75) is 6.54 Å². The molecule has 3 rings (SSSR count). The van der Waals surface area contributed by atoms with E-state index in [1.54, 1.807) is 12.4 Å². The van der Waals surface area contributed by atoms with Gasteiger partial charge in [-0.3, -0.25) is 4.57 Å². The first-order valence-electron chi connectivity index (χ1n) is 5.35. The Balaban J connectivity index is 2.15. The van der Waals surface area contributed by atoms with Gasteiger partial charge < -0.3 is 9.55 Å². The molecule has 0 unspecified atom stereocenters. The summed E-state index contributed by atoms with van der Waals surface area (Å²) in [6, 6.07) is 1.81. The van der Waals surface area contributed by atoms with Crippen LogP contribution in [0, 0.1) is 4.77 Å². The van der Waals surface area contributed by atoms with Gasteiger partial charge in [-0.2, -0.15) is 0 Å². The number of aromatic nitrogens is 5. The van der Waals surface area contributed by atoms with E-state index in [1.807, 2.05) is 28.4 Å². The largest absolute Gasteiger partial charge is 0.337 e. The molecule has 18 heavy (non-hydrogen) atoms. The number of nitrogens with zero attached hydrogens (tertiary/aromatic N) is 4. The van der Waals surface area contributed by atoms with E-state index in [9.17, 15) is 0 Å². The molecule has 0 aliphatic rings. The summed E-state index contributed by atoms with van der Waals surface area (Å²) >= 11 is 11.2. The first kappa shape index (κ1) is 11.4. The predicted molar refractivity (Wildman–Crippen MR) is 72.2 cm³/mol. The van der Waals surface area contributed by atoms with Gasteiger partial charge in [-0.25, -0.2) is 9.97 Å². The zero-order valence-corrected chi connectivity index (χ0v) is 11.2. The third kappa shape index (κ3) is 1.83. The quantitative estimate of drug-likeness (QED) is 0.734. The highest BCUT2D eigenvalue weighted by Crippen LogP contribution is 2.17. The first-order valence-corrected chi connectivity index (χ1v) is 6.14. The summed E-state index contributed by atoms with van der Waals surface area (Å²) in [4.78, 5) is 11.7. The number of nitrogens with one attached hydrogen (secondary N) is 1. The molecule has 1 N–H and O–H groups in total. The molecule has 0 bridgehead atoms. The molecule has 7 heteroatoms. The Morgan fingerprint density at radius 2 is 2.28 bits per heavy atom. The maximum atomic E-state index is 5.91. The number of aromatic amines is 1. The molecule has 0 radical (unpaired) electrons. The van der Waals surface area contributed by atoms with Crippen molar-refractivity contribution in [1.82, 2.24) is 24.1 Å². The van der Waals surface area contributed by atoms with E-state index < -0.39 is 0 Å². The summed E-state index contributed by atoms with van der Waals surface area (Å²) < 4.78 is 4.47. The summed E-state index contributed by atoms with van der Waals surface area (Å²) in [5.74, 6) is 0.920.